The molecule has 1 aromatic rings. The number of benzene rings is 1. The Morgan fingerprint density at radius 2 is 2.24 bits per heavy atom. The van der Waals surface area contributed by atoms with Crippen LogP contribution in [0.4, 0.5) is 0 Å². The normalized spacial score (nSPS) is 16.6. The smallest absolute Gasteiger partial charge is 0.0329 e. The summed E-state index contributed by atoms with van der Waals surface area (Å²) in [5, 5.41) is 6.63. The molecule has 1 aromatic carbocycles. The van der Waals surface area contributed by atoms with Gasteiger partial charge in [0.05, 0.1) is 0 Å². The zero-order valence-corrected chi connectivity index (χ0v) is 11.6. The standard InChI is InChI=1S/C14H22N2S/c1-15-8-7-13(16-2)11-5-6-14-12(10-11)4-3-9-17-14/h5-6,10,13,15-16H,3-4,7-9H2,1-2H3. The lowest BCUT2D eigenvalue weighted by molar-refractivity contribution is 0.532. The molecular weight excluding hydrogens is 228 g/mol. The van der Waals surface area contributed by atoms with E-state index in [0.29, 0.717) is 6.04 Å². The average molecular weight is 250 g/mol. The van der Waals surface area contributed by atoms with Gasteiger partial charge in [-0.05, 0) is 62.8 Å². The van der Waals surface area contributed by atoms with Gasteiger partial charge in [-0.3, -0.25) is 0 Å². The summed E-state index contributed by atoms with van der Waals surface area (Å²) < 4.78 is 0. The molecule has 0 bridgehead atoms. The Morgan fingerprint density at radius 1 is 1.35 bits per heavy atom. The SMILES string of the molecule is CNCCC(NC)c1ccc2c(c1)CCCS2. The molecule has 0 saturated carbocycles. The molecule has 2 nitrogen and oxygen atoms in total. The molecule has 1 aliphatic rings. The highest BCUT2D eigenvalue weighted by molar-refractivity contribution is 7.99. The van der Waals surface area contributed by atoms with E-state index < -0.39 is 0 Å². The monoisotopic (exact) mass is 250 g/mol. The lowest BCUT2D eigenvalue weighted by atomic mass is 9.99. The van der Waals surface area contributed by atoms with Gasteiger partial charge in [-0.1, -0.05) is 12.1 Å². The van der Waals surface area contributed by atoms with Crippen molar-refractivity contribution in [2.75, 3.05) is 26.4 Å². The van der Waals surface area contributed by atoms with E-state index in [-0.39, 0.29) is 0 Å². The maximum absolute atomic E-state index is 3.41. The van der Waals surface area contributed by atoms with E-state index in [2.05, 4.69) is 35.9 Å². The van der Waals surface area contributed by atoms with Crippen molar-refractivity contribution >= 4 is 11.8 Å². The summed E-state index contributed by atoms with van der Waals surface area (Å²) in [4.78, 5) is 1.49. The summed E-state index contributed by atoms with van der Waals surface area (Å²) in [7, 11) is 4.06. The highest BCUT2D eigenvalue weighted by atomic mass is 32.2. The van der Waals surface area contributed by atoms with Crippen molar-refractivity contribution in [3.05, 3.63) is 29.3 Å². The Balaban J connectivity index is 2.13. The molecule has 0 amide bonds. The lowest BCUT2D eigenvalue weighted by Gasteiger charge is -2.21. The number of aryl methyl sites for hydroxylation is 1. The predicted molar refractivity (Wildman–Crippen MR) is 75.8 cm³/mol. The van der Waals surface area contributed by atoms with Gasteiger partial charge in [-0.15, -0.1) is 11.8 Å². The van der Waals surface area contributed by atoms with E-state index >= 15 is 0 Å². The summed E-state index contributed by atoms with van der Waals surface area (Å²) in [6, 6.07) is 7.46. The van der Waals surface area contributed by atoms with Gasteiger partial charge in [0.2, 0.25) is 0 Å². The minimum absolute atomic E-state index is 0.472. The third kappa shape index (κ3) is 3.24. The fraction of sp³-hybridized carbons (Fsp3) is 0.571. The van der Waals surface area contributed by atoms with Gasteiger partial charge >= 0.3 is 0 Å². The molecule has 0 spiro atoms. The van der Waals surface area contributed by atoms with E-state index in [9.17, 15) is 0 Å². The van der Waals surface area contributed by atoms with Gasteiger partial charge < -0.3 is 10.6 Å². The summed E-state index contributed by atoms with van der Waals surface area (Å²) in [5.41, 5.74) is 2.98. The first-order valence-electron chi connectivity index (χ1n) is 6.42. The topological polar surface area (TPSA) is 24.1 Å². The van der Waals surface area contributed by atoms with Crippen LogP contribution in [0.1, 0.15) is 30.0 Å². The second-order valence-electron chi connectivity index (χ2n) is 4.55. The summed E-state index contributed by atoms with van der Waals surface area (Å²) in [6.07, 6.45) is 3.71. The number of nitrogens with one attached hydrogen (secondary N) is 2. The molecular formula is C14H22N2S. The van der Waals surface area contributed by atoms with Crippen LogP contribution >= 0.6 is 11.8 Å². The van der Waals surface area contributed by atoms with E-state index in [1.165, 1.54) is 29.1 Å². The molecule has 0 aliphatic carbocycles. The number of rotatable bonds is 5. The van der Waals surface area contributed by atoms with Gasteiger partial charge in [0.1, 0.15) is 0 Å². The van der Waals surface area contributed by atoms with Crippen LogP contribution in [0.15, 0.2) is 23.1 Å². The van der Waals surface area contributed by atoms with Crippen LogP contribution in [-0.4, -0.2) is 26.4 Å². The van der Waals surface area contributed by atoms with Crippen LogP contribution in [0.2, 0.25) is 0 Å². The first-order valence-corrected chi connectivity index (χ1v) is 7.41. The largest absolute Gasteiger partial charge is 0.320 e. The van der Waals surface area contributed by atoms with Crippen LogP contribution in [0.25, 0.3) is 0 Å². The zero-order valence-electron chi connectivity index (χ0n) is 10.8. The first kappa shape index (κ1) is 12.9. The van der Waals surface area contributed by atoms with Crippen molar-refractivity contribution in [2.24, 2.45) is 0 Å². The maximum Gasteiger partial charge on any atom is 0.0329 e. The highest BCUT2D eigenvalue weighted by Crippen LogP contribution is 2.32. The molecule has 0 radical (unpaired) electrons. The van der Waals surface area contributed by atoms with Crippen LogP contribution in [0.5, 0.6) is 0 Å². The Bertz CT molecular complexity index is 365. The average Bonchev–Trinajstić information content (AvgIpc) is 2.39. The van der Waals surface area contributed by atoms with Crippen LogP contribution in [-0.2, 0) is 6.42 Å². The fourth-order valence-corrected chi connectivity index (χ4v) is 3.38. The van der Waals surface area contributed by atoms with Crippen molar-refractivity contribution in [1.82, 2.24) is 10.6 Å². The highest BCUT2D eigenvalue weighted by Gasteiger charge is 2.14. The molecule has 17 heavy (non-hydrogen) atoms. The third-order valence-electron chi connectivity index (χ3n) is 3.37. The van der Waals surface area contributed by atoms with Crippen molar-refractivity contribution in [2.45, 2.75) is 30.2 Å². The van der Waals surface area contributed by atoms with Gasteiger partial charge in [-0.2, -0.15) is 0 Å². The third-order valence-corrected chi connectivity index (χ3v) is 4.57. The molecule has 0 saturated heterocycles. The van der Waals surface area contributed by atoms with Crippen molar-refractivity contribution < 1.29 is 0 Å². The van der Waals surface area contributed by atoms with Crippen LogP contribution in [0.3, 0.4) is 0 Å². The predicted octanol–water partition coefficient (Wildman–Crippen LogP) is 2.59. The Labute approximate surface area is 109 Å². The number of hydrogen-bond acceptors (Lipinski definition) is 3. The summed E-state index contributed by atoms with van der Waals surface area (Å²) in [5.74, 6) is 1.28. The minimum Gasteiger partial charge on any atom is -0.320 e. The van der Waals surface area contributed by atoms with Crippen LogP contribution in [0, 0.1) is 0 Å². The molecule has 1 aliphatic heterocycles. The molecule has 3 heteroatoms. The Kier molecular flexibility index (Phi) is 4.89. The van der Waals surface area contributed by atoms with Crippen molar-refractivity contribution in [3.63, 3.8) is 0 Å². The molecule has 0 aromatic heterocycles. The van der Waals surface area contributed by atoms with Gasteiger partial charge in [0.25, 0.3) is 0 Å². The molecule has 1 atom stereocenters. The lowest BCUT2D eigenvalue weighted by Crippen LogP contribution is -2.21. The second kappa shape index (κ2) is 6.43. The van der Waals surface area contributed by atoms with Crippen molar-refractivity contribution in [1.29, 1.82) is 0 Å². The van der Waals surface area contributed by atoms with Gasteiger partial charge in [0, 0.05) is 10.9 Å². The number of thioether (sulfide) groups is 1. The second-order valence-corrected chi connectivity index (χ2v) is 5.69. The van der Waals surface area contributed by atoms with E-state index in [1.54, 1.807) is 5.56 Å². The maximum atomic E-state index is 3.41. The van der Waals surface area contributed by atoms with E-state index in [4.69, 9.17) is 0 Å². The Morgan fingerprint density at radius 3 is 3.00 bits per heavy atom. The zero-order chi connectivity index (χ0) is 12.1. The quantitative estimate of drug-likeness (QED) is 0.840. The number of hydrogen-bond donors (Lipinski definition) is 2. The van der Waals surface area contributed by atoms with Crippen molar-refractivity contribution in [3.8, 4) is 0 Å². The molecule has 0 fully saturated rings. The molecule has 2 rings (SSSR count). The first-order chi connectivity index (χ1) is 8.35. The van der Waals surface area contributed by atoms with Crippen LogP contribution < -0.4 is 10.6 Å². The van der Waals surface area contributed by atoms with E-state index in [1.807, 2.05) is 18.8 Å². The Hall–Kier alpha value is -0.510. The van der Waals surface area contributed by atoms with Gasteiger partial charge in [-0.25, -0.2) is 0 Å². The molecule has 1 unspecified atom stereocenters. The van der Waals surface area contributed by atoms with Gasteiger partial charge in [0.15, 0.2) is 0 Å². The molecule has 2 N–H and O–H groups in total. The van der Waals surface area contributed by atoms with E-state index in [0.717, 1.165) is 13.0 Å². The number of fused-ring (bicyclic) bond motifs is 1. The molecule has 94 valence electrons. The molecule has 1 heterocycles. The minimum atomic E-state index is 0.472. The fourth-order valence-electron chi connectivity index (χ4n) is 2.36. The summed E-state index contributed by atoms with van der Waals surface area (Å²) in [6.45, 7) is 1.05. The summed E-state index contributed by atoms with van der Waals surface area (Å²) >= 11 is 2.00.